The Balaban J connectivity index is 3.52. The Morgan fingerprint density at radius 1 is 1.13 bits per heavy atom. The highest BCUT2D eigenvalue weighted by molar-refractivity contribution is 7.92. The molecule has 6 heteroatoms. The molecular weight excluding hydrogens is 279 g/mol. The van der Waals surface area contributed by atoms with E-state index < -0.39 is 15.1 Å². The number of hydrogen-bond donors (Lipinski definition) is 0. The molecule has 0 saturated heterocycles. The molecule has 0 aromatic heterocycles. The summed E-state index contributed by atoms with van der Waals surface area (Å²) in [6, 6.07) is 2.72. The minimum atomic E-state index is -3.45. The lowest BCUT2D eigenvalue weighted by Gasteiger charge is -2.10. The van der Waals surface area contributed by atoms with E-state index in [9.17, 15) is 8.42 Å². The molecule has 1 aromatic rings. The van der Waals surface area contributed by atoms with Gasteiger partial charge in [-0.15, -0.1) is 0 Å². The minimum Gasteiger partial charge on any atom is -0.223 e. The first-order valence-electron chi connectivity index (χ1n) is 4.15. The van der Waals surface area contributed by atoms with Crippen molar-refractivity contribution in [1.29, 1.82) is 0 Å². The molecule has 2 nitrogen and oxygen atoms in total. The highest BCUT2D eigenvalue weighted by atomic mass is 35.5. The van der Waals surface area contributed by atoms with E-state index in [-0.39, 0.29) is 20.0 Å². The van der Waals surface area contributed by atoms with E-state index in [0.717, 1.165) is 0 Å². The van der Waals surface area contributed by atoms with Gasteiger partial charge in [0, 0.05) is 5.02 Å². The molecular formula is C9H9Cl3O2S. The van der Waals surface area contributed by atoms with Crippen LogP contribution in [0, 0.1) is 0 Å². The fraction of sp³-hybridized carbons (Fsp3) is 0.333. The summed E-state index contributed by atoms with van der Waals surface area (Å²) in [7, 11) is -3.45. The Labute approximate surface area is 104 Å². The molecule has 1 rings (SSSR count). The van der Waals surface area contributed by atoms with E-state index in [1.54, 1.807) is 13.8 Å². The van der Waals surface area contributed by atoms with Gasteiger partial charge in [-0.2, -0.15) is 0 Å². The molecule has 0 saturated carbocycles. The maximum Gasteiger partial charge on any atom is 0.182 e. The second-order valence-electron chi connectivity index (χ2n) is 3.29. The van der Waals surface area contributed by atoms with Gasteiger partial charge in [-0.3, -0.25) is 0 Å². The van der Waals surface area contributed by atoms with Crippen LogP contribution in [0.3, 0.4) is 0 Å². The predicted molar refractivity (Wildman–Crippen MR) is 63.8 cm³/mol. The molecule has 0 radical (unpaired) electrons. The summed E-state index contributed by atoms with van der Waals surface area (Å²) in [5.74, 6) is 0. The van der Waals surface area contributed by atoms with Gasteiger partial charge in [0.05, 0.1) is 20.2 Å². The van der Waals surface area contributed by atoms with Crippen molar-refractivity contribution in [1.82, 2.24) is 0 Å². The summed E-state index contributed by atoms with van der Waals surface area (Å²) >= 11 is 17.3. The number of benzene rings is 1. The van der Waals surface area contributed by atoms with Crippen molar-refractivity contribution in [3.05, 3.63) is 27.2 Å². The van der Waals surface area contributed by atoms with Crippen molar-refractivity contribution in [3.63, 3.8) is 0 Å². The molecule has 0 fully saturated rings. The SMILES string of the molecule is CC(C)S(=O)(=O)c1cc(Cl)cc(Cl)c1Cl. The topological polar surface area (TPSA) is 34.1 Å². The van der Waals surface area contributed by atoms with E-state index in [0.29, 0.717) is 0 Å². The van der Waals surface area contributed by atoms with E-state index in [1.807, 2.05) is 0 Å². The van der Waals surface area contributed by atoms with Crippen LogP contribution >= 0.6 is 34.8 Å². The van der Waals surface area contributed by atoms with Crippen LogP contribution in [0.25, 0.3) is 0 Å². The average Bonchev–Trinajstić information content (AvgIpc) is 2.10. The molecule has 0 heterocycles. The van der Waals surface area contributed by atoms with Crippen molar-refractivity contribution in [2.24, 2.45) is 0 Å². The summed E-state index contributed by atoms with van der Waals surface area (Å²) in [4.78, 5) is -0.0170. The Hall–Kier alpha value is 0.0400. The fourth-order valence-electron chi connectivity index (χ4n) is 0.993. The Morgan fingerprint density at radius 3 is 2.13 bits per heavy atom. The highest BCUT2D eigenvalue weighted by Gasteiger charge is 2.24. The largest absolute Gasteiger partial charge is 0.223 e. The fourth-order valence-corrected chi connectivity index (χ4v) is 3.20. The molecule has 0 amide bonds. The lowest BCUT2D eigenvalue weighted by molar-refractivity contribution is 0.587. The van der Waals surface area contributed by atoms with Crippen LogP contribution in [-0.2, 0) is 9.84 Å². The van der Waals surface area contributed by atoms with Gasteiger partial charge in [0.15, 0.2) is 9.84 Å². The van der Waals surface area contributed by atoms with Crippen molar-refractivity contribution >= 4 is 44.6 Å². The molecule has 0 aliphatic heterocycles. The van der Waals surface area contributed by atoms with Crippen LogP contribution in [0.5, 0.6) is 0 Å². The Bertz CT molecular complexity index is 480. The van der Waals surface area contributed by atoms with Gasteiger partial charge in [-0.1, -0.05) is 34.8 Å². The van der Waals surface area contributed by atoms with E-state index in [1.165, 1.54) is 12.1 Å². The standard InChI is InChI=1S/C9H9Cl3O2S/c1-5(2)15(13,14)8-4-6(10)3-7(11)9(8)12/h3-5H,1-2H3. The van der Waals surface area contributed by atoms with E-state index >= 15 is 0 Å². The maximum absolute atomic E-state index is 11.9. The number of rotatable bonds is 2. The average molecular weight is 288 g/mol. The van der Waals surface area contributed by atoms with Crippen molar-refractivity contribution < 1.29 is 8.42 Å². The maximum atomic E-state index is 11.9. The van der Waals surface area contributed by atoms with E-state index in [4.69, 9.17) is 34.8 Å². The second-order valence-corrected chi connectivity index (χ2v) is 6.99. The zero-order valence-electron chi connectivity index (χ0n) is 8.09. The molecule has 0 bridgehead atoms. The van der Waals surface area contributed by atoms with Gasteiger partial charge in [-0.25, -0.2) is 8.42 Å². The monoisotopic (exact) mass is 286 g/mol. The quantitative estimate of drug-likeness (QED) is 0.775. The third-order valence-electron chi connectivity index (χ3n) is 1.89. The number of sulfone groups is 1. The molecule has 0 atom stereocenters. The van der Waals surface area contributed by atoms with Crippen LogP contribution in [0.2, 0.25) is 15.1 Å². The van der Waals surface area contributed by atoms with Gasteiger partial charge >= 0.3 is 0 Å². The summed E-state index contributed by atoms with van der Waals surface area (Å²) in [6.07, 6.45) is 0. The lowest BCUT2D eigenvalue weighted by Crippen LogP contribution is -2.14. The number of halogens is 3. The third-order valence-corrected chi connectivity index (χ3v) is 5.20. The Kier molecular flexibility index (Phi) is 3.93. The molecule has 0 aliphatic rings. The summed E-state index contributed by atoms with van der Waals surface area (Å²) in [5.41, 5.74) is 0. The third kappa shape index (κ3) is 2.59. The number of hydrogen-bond acceptors (Lipinski definition) is 2. The lowest BCUT2D eigenvalue weighted by atomic mass is 10.4. The van der Waals surface area contributed by atoms with Gasteiger partial charge in [0.25, 0.3) is 0 Å². The first kappa shape index (κ1) is 13.1. The summed E-state index contributed by atoms with van der Waals surface area (Å²) in [6.45, 7) is 3.14. The van der Waals surface area contributed by atoms with Crippen LogP contribution in [0.1, 0.15) is 13.8 Å². The first-order chi connectivity index (χ1) is 6.76. The van der Waals surface area contributed by atoms with Crippen molar-refractivity contribution in [2.75, 3.05) is 0 Å². The van der Waals surface area contributed by atoms with Gasteiger partial charge in [0.2, 0.25) is 0 Å². The van der Waals surface area contributed by atoms with Crippen LogP contribution < -0.4 is 0 Å². The molecule has 0 unspecified atom stereocenters. The van der Waals surface area contributed by atoms with Crippen LogP contribution in [0.4, 0.5) is 0 Å². The molecule has 0 N–H and O–H groups in total. The Morgan fingerprint density at radius 2 is 1.67 bits per heavy atom. The normalized spacial score (nSPS) is 12.1. The van der Waals surface area contributed by atoms with Gasteiger partial charge in [-0.05, 0) is 26.0 Å². The van der Waals surface area contributed by atoms with Crippen LogP contribution in [0.15, 0.2) is 17.0 Å². The van der Waals surface area contributed by atoms with Crippen molar-refractivity contribution in [2.45, 2.75) is 24.0 Å². The van der Waals surface area contributed by atoms with Gasteiger partial charge in [0.1, 0.15) is 0 Å². The highest BCUT2D eigenvalue weighted by Crippen LogP contribution is 2.34. The zero-order valence-corrected chi connectivity index (χ0v) is 11.2. The second kappa shape index (κ2) is 4.50. The molecule has 0 aliphatic carbocycles. The molecule has 1 aromatic carbocycles. The van der Waals surface area contributed by atoms with Crippen LogP contribution in [-0.4, -0.2) is 13.7 Å². The summed E-state index contributed by atoms with van der Waals surface area (Å²) < 4.78 is 23.7. The van der Waals surface area contributed by atoms with Gasteiger partial charge < -0.3 is 0 Å². The smallest absolute Gasteiger partial charge is 0.182 e. The predicted octanol–water partition coefficient (Wildman–Crippen LogP) is 3.83. The van der Waals surface area contributed by atoms with Crippen molar-refractivity contribution in [3.8, 4) is 0 Å². The summed E-state index contributed by atoms with van der Waals surface area (Å²) in [5, 5.41) is -0.147. The molecule has 15 heavy (non-hydrogen) atoms. The van der Waals surface area contributed by atoms with E-state index in [2.05, 4.69) is 0 Å². The molecule has 84 valence electrons. The first-order valence-corrected chi connectivity index (χ1v) is 6.83. The minimum absolute atomic E-state index is 0.0170. The molecule has 0 spiro atoms. The zero-order chi connectivity index (χ0) is 11.8.